The molecule has 2 aromatic heterocycles. The van der Waals surface area contributed by atoms with E-state index in [0.29, 0.717) is 16.5 Å². The smallest absolute Gasteiger partial charge is 0.333 e. The number of nitrogens with zero attached hydrogens (tertiary/aromatic N) is 3. The summed E-state index contributed by atoms with van der Waals surface area (Å²) in [5.74, 6) is 0.409. The molecule has 0 saturated carbocycles. The van der Waals surface area contributed by atoms with Crippen molar-refractivity contribution in [3.05, 3.63) is 87.8 Å². The normalized spacial score (nSPS) is 11.3. The van der Waals surface area contributed by atoms with E-state index in [0.717, 1.165) is 39.0 Å². The highest BCUT2D eigenvalue weighted by atomic mass is 35.5. The summed E-state index contributed by atoms with van der Waals surface area (Å²) in [5, 5.41) is 7.82. The quantitative estimate of drug-likeness (QED) is 0.426. The third-order valence-corrected chi connectivity index (χ3v) is 5.86. The highest BCUT2D eigenvalue weighted by molar-refractivity contribution is 6.32. The van der Waals surface area contributed by atoms with Gasteiger partial charge in [0, 0.05) is 12.6 Å². The zero-order chi connectivity index (χ0) is 21.7. The highest BCUT2D eigenvalue weighted by Crippen LogP contribution is 2.36. The monoisotopic (exact) mass is 429 g/mol. The Morgan fingerprint density at radius 3 is 2.55 bits per heavy atom. The van der Waals surface area contributed by atoms with E-state index in [2.05, 4.69) is 16.3 Å². The lowest BCUT2D eigenvalue weighted by Crippen LogP contribution is -2.21. The van der Waals surface area contributed by atoms with Crippen molar-refractivity contribution in [2.24, 2.45) is 7.05 Å². The molecule has 3 N–H and O–H groups in total. The number of para-hydroxylation sites is 1. The molecular weight excluding hydrogens is 410 g/mol. The number of hydrogen-bond donors (Lipinski definition) is 2. The largest absolute Gasteiger partial charge is 0.382 e. The van der Waals surface area contributed by atoms with E-state index >= 15 is 0 Å². The molecule has 0 saturated heterocycles. The van der Waals surface area contributed by atoms with E-state index in [1.807, 2.05) is 61.5 Å². The molecule has 154 valence electrons. The van der Waals surface area contributed by atoms with Crippen molar-refractivity contribution in [3.8, 4) is 28.1 Å². The zero-order valence-corrected chi connectivity index (χ0v) is 17.8. The molecule has 0 atom stereocenters. The second kappa shape index (κ2) is 7.18. The average Bonchev–Trinajstić information content (AvgIpc) is 3.26. The predicted molar refractivity (Wildman–Crippen MR) is 126 cm³/mol. The number of H-pyrrole nitrogens is 1. The standard InChI is InChI=1S/C24H20ClN5O/c1-14-6-5-7-16(12-14)22-21(23(26)28-27-22)15-10-11-19-20(13-15)29(2)24(31)30(19)18-9-4-3-8-17(18)25/h3-13H,1-2H3,(H3,26,27,28). The molecule has 0 bridgehead atoms. The van der Waals surface area contributed by atoms with Crippen LogP contribution in [0.25, 0.3) is 39.1 Å². The van der Waals surface area contributed by atoms with Gasteiger partial charge in [-0.25, -0.2) is 4.79 Å². The fourth-order valence-corrected chi connectivity index (χ4v) is 4.24. The Morgan fingerprint density at radius 2 is 1.77 bits per heavy atom. The van der Waals surface area contributed by atoms with Crippen molar-refractivity contribution in [3.63, 3.8) is 0 Å². The molecule has 0 fully saturated rings. The number of nitrogens with one attached hydrogen (secondary N) is 1. The van der Waals surface area contributed by atoms with Crippen LogP contribution in [0.1, 0.15) is 5.56 Å². The fraction of sp³-hybridized carbons (Fsp3) is 0.0833. The van der Waals surface area contributed by atoms with E-state index in [4.69, 9.17) is 17.3 Å². The number of aromatic amines is 1. The number of imidazole rings is 1. The molecule has 0 aliphatic rings. The second-order valence-corrected chi connectivity index (χ2v) is 7.97. The van der Waals surface area contributed by atoms with Gasteiger partial charge >= 0.3 is 5.69 Å². The van der Waals surface area contributed by atoms with E-state index in [9.17, 15) is 4.79 Å². The number of fused-ring (bicyclic) bond motifs is 1. The molecule has 5 aromatic rings. The Balaban J connectivity index is 1.74. The first-order valence-corrected chi connectivity index (χ1v) is 10.2. The molecule has 7 heteroatoms. The van der Waals surface area contributed by atoms with Crippen LogP contribution in [0.3, 0.4) is 0 Å². The molecule has 0 aliphatic carbocycles. The molecule has 2 heterocycles. The van der Waals surface area contributed by atoms with Crippen molar-refractivity contribution in [2.75, 3.05) is 5.73 Å². The number of halogens is 1. The lowest BCUT2D eigenvalue weighted by molar-refractivity contribution is 0.846. The summed E-state index contributed by atoms with van der Waals surface area (Å²) in [6.45, 7) is 2.04. The van der Waals surface area contributed by atoms with Crippen molar-refractivity contribution in [1.82, 2.24) is 19.3 Å². The molecule has 0 amide bonds. The Labute approximate surface area is 183 Å². The SMILES string of the molecule is Cc1cccc(-c2[nH]nc(N)c2-c2ccc3c(c2)n(C)c(=O)n3-c2ccccc2Cl)c1. The van der Waals surface area contributed by atoms with Crippen LogP contribution in [-0.4, -0.2) is 19.3 Å². The number of aromatic nitrogens is 4. The first-order chi connectivity index (χ1) is 15.0. The Kier molecular flexibility index (Phi) is 4.45. The fourth-order valence-electron chi connectivity index (χ4n) is 4.02. The minimum absolute atomic E-state index is 0.167. The van der Waals surface area contributed by atoms with Gasteiger partial charge in [0.25, 0.3) is 0 Å². The minimum atomic E-state index is -0.167. The first kappa shape index (κ1) is 19.2. The van der Waals surface area contributed by atoms with Gasteiger partial charge in [0.15, 0.2) is 5.82 Å². The lowest BCUT2D eigenvalue weighted by Gasteiger charge is -2.08. The van der Waals surface area contributed by atoms with Gasteiger partial charge in [0.05, 0.1) is 33.0 Å². The van der Waals surface area contributed by atoms with E-state index < -0.39 is 0 Å². The number of aryl methyl sites for hydroxylation is 2. The van der Waals surface area contributed by atoms with Gasteiger partial charge in [-0.2, -0.15) is 5.10 Å². The summed E-state index contributed by atoms with van der Waals surface area (Å²) < 4.78 is 3.24. The molecule has 6 nitrogen and oxygen atoms in total. The number of anilines is 1. The van der Waals surface area contributed by atoms with Crippen molar-refractivity contribution >= 4 is 28.5 Å². The Hall–Kier alpha value is -3.77. The summed E-state index contributed by atoms with van der Waals surface area (Å²) in [6, 6.07) is 21.3. The maximum absolute atomic E-state index is 13.1. The topological polar surface area (TPSA) is 81.6 Å². The summed E-state index contributed by atoms with van der Waals surface area (Å²) in [7, 11) is 1.75. The molecule has 0 spiro atoms. The van der Waals surface area contributed by atoms with Gasteiger partial charge in [0.2, 0.25) is 0 Å². The summed E-state index contributed by atoms with van der Waals surface area (Å²) in [4.78, 5) is 13.1. The maximum atomic E-state index is 13.1. The number of benzene rings is 3. The van der Waals surface area contributed by atoms with Crippen LogP contribution in [0.15, 0.2) is 71.5 Å². The van der Waals surface area contributed by atoms with Crippen LogP contribution < -0.4 is 11.4 Å². The van der Waals surface area contributed by atoms with Crippen LogP contribution in [0.5, 0.6) is 0 Å². The Morgan fingerprint density at radius 1 is 0.968 bits per heavy atom. The van der Waals surface area contributed by atoms with Crippen LogP contribution in [0.2, 0.25) is 5.02 Å². The Bertz CT molecular complexity index is 1510. The average molecular weight is 430 g/mol. The molecule has 0 unspecified atom stereocenters. The van der Waals surface area contributed by atoms with E-state index in [1.165, 1.54) is 0 Å². The third-order valence-electron chi connectivity index (χ3n) is 5.54. The first-order valence-electron chi connectivity index (χ1n) is 9.83. The number of rotatable bonds is 3. The van der Waals surface area contributed by atoms with Gasteiger partial charge in [-0.1, -0.05) is 53.6 Å². The zero-order valence-electron chi connectivity index (χ0n) is 17.1. The molecular formula is C24H20ClN5O. The van der Waals surface area contributed by atoms with E-state index in [-0.39, 0.29) is 5.69 Å². The van der Waals surface area contributed by atoms with Crippen molar-refractivity contribution in [2.45, 2.75) is 6.92 Å². The molecule has 31 heavy (non-hydrogen) atoms. The third kappa shape index (κ3) is 3.04. The molecule has 3 aromatic carbocycles. The summed E-state index contributed by atoms with van der Waals surface area (Å²) in [6.07, 6.45) is 0. The van der Waals surface area contributed by atoms with Gasteiger partial charge in [0.1, 0.15) is 0 Å². The van der Waals surface area contributed by atoms with Crippen LogP contribution in [0, 0.1) is 6.92 Å². The molecule has 0 aliphatic heterocycles. The highest BCUT2D eigenvalue weighted by Gasteiger charge is 2.19. The van der Waals surface area contributed by atoms with Gasteiger partial charge < -0.3 is 5.73 Å². The van der Waals surface area contributed by atoms with E-state index in [1.54, 1.807) is 22.2 Å². The summed E-state index contributed by atoms with van der Waals surface area (Å²) in [5.41, 5.74) is 12.9. The number of hydrogen-bond acceptors (Lipinski definition) is 3. The van der Waals surface area contributed by atoms with Crippen LogP contribution in [-0.2, 0) is 7.05 Å². The van der Waals surface area contributed by atoms with Crippen molar-refractivity contribution < 1.29 is 0 Å². The van der Waals surface area contributed by atoms with Gasteiger partial charge in [-0.15, -0.1) is 0 Å². The number of nitrogens with two attached hydrogens (primary N) is 1. The molecule has 0 radical (unpaired) electrons. The summed E-state index contributed by atoms with van der Waals surface area (Å²) >= 11 is 6.38. The second-order valence-electron chi connectivity index (χ2n) is 7.56. The predicted octanol–water partition coefficient (Wildman–Crippen LogP) is 4.93. The minimum Gasteiger partial charge on any atom is -0.382 e. The van der Waals surface area contributed by atoms with Crippen LogP contribution >= 0.6 is 11.6 Å². The number of nitrogen functional groups attached to an aromatic ring is 1. The molecule has 5 rings (SSSR count). The maximum Gasteiger partial charge on any atom is 0.333 e. The lowest BCUT2D eigenvalue weighted by atomic mass is 9.99. The van der Waals surface area contributed by atoms with Gasteiger partial charge in [-0.05, 0) is 42.8 Å². The van der Waals surface area contributed by atoms with Crippen molar-refractivity contribution in [1.29, 1.82) is 0 Å². The van der Waals surface area contributed by atoms with Gasteiger partial charge in [-0.3, -0.25) is 14.2 Å². The van der Waals surface area contributed by atoms with Crippen LogP contribution in [0.4, 0.5) is 5.82 Å².